The SMILES string of the molecule is CN(CC1CCOCC1)CC1(C=O)CCCC1. The highest BCUT2D eigenvalue weighted by Gasteiger charge is 2.34. The molecule has 2 fully saturated rings. The lowest BCUT2D eigenvalue weighted by molar-refractivity contribution is -0.117. The first kappa shape index (κ1) is 13.0. The second-order valence-corrected chi connectivity index (χ2v) is 5.94. The molecular weight excluding hydrogens is 214 g/mol. The summed E-state index contributed by atoms with van der Waals surface area (Å²) in [5.41, 5.74) is -0.0279. The summed E-state index contributed by atoms with van der Waals surface area (Å²) in [6.45, 7) is 3.90. The van der Waals surface area contributed by atoms with Crippen molar-refractivity contribution in [1.29, 1.82) is 0 Å². The van der Waals surface area contributed by atoms with Gasteiger partial charge in [-0.25, -0.2) is 0 Å². The van der Waals surface area contributed by atoms with Crippen molar-refractivity contribution >= 4 is 6.29 Å². The molecule has 2 aliphatic rings. The minimum atomic E-state index is -0.0279. The van der Waals surface area contributed by atoms with Crippen molar-refractivity contribution in [3.63, 3.8) is 0 Å². The smallest absolute Gasteiger partial charge is 0.127 e. The normalized spacial score (nSPS) is 25.3. The number of aldehydes is 1. The molecule has 98 valence electrons. The van der Waals surface area contributed by atoms with Gasteiger partial charge in [0.1, 0.15) is 6.29 Å². The van der Waals surface area contributed by atoms with Gasteiger partial charge in [-0.2, -0.15) is 0 Å². The maximum Gasteiger partial charge on any atom is 0.127 e. The average molecular weight is 239 g/mol. The molecule has 0 spiro atoms. The fraction of sp³-hybridized carbons (Fsp3) is 0.929. The van der Waals surface area contributed by atoms with E-state index < -0.39 is 0 Å². The van der Waals surface area contributed by atoms with Crippen LogP contribution in [0.5, 0.6) is 0 Å². The quantitative estimate of drug-likeness (QED) is 0.688. The van der Waals surface area contributed by atoms with Crippen LogP contribution in [0.25, 0.3) is 0 Å². The van der Waals surface area contributed by atoms with Gasteiger partial charge in [-0.3, -0.25) is 0 Å². The highest BCUT2D eigenvalue weighted by molar-refractivity contribution is 5.60. The molecule has 0 atom stereocenters. The Morgan fingerprint density at radius 2 is 1.94 bits per heavy atom. The van der Waals surface area contributed by atoms with Gasteiger partial charge in [-0.15, -0.1) is 0 Å². The zero-order chi connectivity index (χ0) is 12.1. The van der Waals surface area contributed by atoms with Gasteiger partial charge < -0.3 is 14.4 Å². The number of carbonyl (C=O) groups excluding carboxylic acids is 1. The van der Waals surface area contributed by atoms with E-state index in [1.54, 1.807) is 0 Å². The standard InChI is InChI=1S/C14H25NO2/c1-15(10-13-4-8-17-9-5-13)11-14(12-16)6-2-3-7-14/h12-13H,2-11H2,1H3. The number of hydrogen-bond donors (Lipinski definition) is 0. The Morgan fingerprint density at radius 3 is 2.53 bits per heavy atom. The maximum absolute atomic E-state index is 11.3. The molecule has 0 bridgehead atoms. The van der Waals surface area contributed by atoms with E-state index in [0.29, 0.717) is 0 Å². The van der Waals surface area contributed by atoms with Crippen LogP contribution in [-0.4, -0.2) is 44.5 Å². The van der Waals surface area contributed by atoms with Gasteiger partial charge in [0.2, 0.25) is 0 Å². The maximum atomic E-state index is 11.3. The summed E-state index contributed by atoms with van der Waals surface area (Å²) < 4.78 is 5.38. The predicted octanol–water partition coefficient (Wildman–Crippen LogP) is 2.10. The summed E-state index contributed by atoms with van der Waals surface area (Å²) in [7, 11) is 2.17. The van der Waals surface area contributed by atoms with Crippen LogP contribution in [0.4, 0.5) is 0 Å². The summed E-state index contributed by atoms with van der Waals surface area (Å²) in [5, 5.41) is 0. The second kappa shape index (κ2) is 5.96. The lowest BCUT2D eigenvalue weighted by Gasteiger charge is -2.32. The molecule has 3 nitrogen and oxygen atoms in total. The molecule has 1 saturated carbocycles. The van der Waals surface area contributed by atoms with E-state index in [2.05, 4.69) is 11.9 Å². The molecule has 0 aromatic heterocycles. The first-order valence-corrected chi connectivity index (χ1v) is 6.97. The summed E-state index contributed by atoms with van der Waals surface area (Å²) in [4.78, 5) is 13.7. The van der Waals surface area contributed by atoms with E-state index >= 15 is 0 Å². The number of carbonyl (C=O) groups is 1. The first-order chi connectivity index (χ1) is 8.24. The Bertz CT molecular complexity index is 243. The van der Waals surface area contributed by atoms with Crippen LogP contribution < -0.4 is 0 Å². The Hall–Kier alpha value is -0.410. The number of ether oxygens (including phenoxy) is 1. The van der Waals surface area contributed by atoms with E-state index in [9.17, 15) is 4.79 Å². The van der Waals surface area contributed by atoms with Gasteiger partial charge in [-0.05, 0) is 38.6 Å². The molecule has 1 heterocycles. The molecule has 2 rings (SSSR count). The van der Waals surface area contributed by atoms with Gasteiger partial charge in [0, 0.05) is 31.7 Å². The van der Waals surface area contributed by atoms with E-state index in [-0.39, 0.29) is 5.41 Å². The summed E-state index contributed by atoms with van der Waals surface area (Å²) in [6, 6.07) is 0. The van der Waals surface area contributed by atoms with Crippen molar-refractivity contribution in [2.24, 2.45) is 11.3 Å². The number of rotatable bonds is 5. The second-order valence-electron chi connectivity index (χ2n) is 5.94. The molecule has 3 heteroatoms. The number of nitrogens with zero attached hydrogens (tertiary/aromatic N) is 1. The minimum absolute atomic E-state index is 0.0279. The van der Waals surface area contributed by atoms with Gasteiger partial charge in [0.25, 0.3) is 0 Å². The average Bonchev–Trinajstić information content (AvgIpc) is 2.79. The molecular formula is C14H25NO2. The van der Waals surface area contributed by atoms with Crippen molar-refractivity contribution < 1.29 is 9.53 Å². The monoisotopic (exact) mass is 239 g/mol. The molecule has 0 radical (unpaired) electrons. The van der Waals surface area contributed by atoms with Gasteiger partial charge in [0.05, 0.1) is 0 Å². The van der Waals surface area contributed by atoms with E-state index in [1.807, 2.05) is 0 Å². The molecule has 0 unspecified atom stereocenters. The molecule has 0 aromatic rings. The van der Waals surface area contributed by atoms with Crippen molar-refractivity contribution in [2.45, 2.75) is 38.5 Å². The molecule has 1 aliphatic heterocycles. The molecule has 1 aliphatic carbocycles. The van der Waals surface area contributed by atoms with Gasteiger partial charge >= 0.3 is 0 Å². The lowest BCUT2D eigenvalue weighted by Crippen LogP contribution is -2.38. The number of hydrogen-bond acceptors (Lipinski definition) is 3. The fourth-order valence-corrected chi connectivity index (χ4v) is 3.36. The summed E-state index contributed by atoms with van der Waals surface area (Å²) in [5.74, 6) is 0.763. The van der Waals surface area contributed by atoms with Crippen LogP contribution in [-0.2, 0) is 9.53 Å². The van der Waals surface area contributed by atoms with Gasteiger partial charge in [-0.1, -0.05) is 12.8 Å². The van der Waals surface area contributed by atoms with Crippen LogP contribution in [0.3, 0.4) is 0 Å². The molecule has 0 N–H and O–H groups in total. The van der Waals surface area contributed by atoms with Crippen LogP contribution in [0.2, 0.25) is 0 Å². The Kier molecular flexibility index (Phi) is 4.57. The van der Waals surface area contributed by atoms with E-state index in [4.69, 9.17) is 4.74 Å². The third-order valence-electron chi connectivity index (χ3n) is 4.34. The molecule has 0 aromatic carbocycles. The Labute approximate surface area is 105 Å². The highest BCUT2D eigenvalue weighted by Crippen LogP contribution is 2.36. The third-order valence-corrected chi connectivity index (χ3v) is 4.34. The van der Waals surface area contributed by atoms with Crippen LogP contribution >= 0.6 is 0 Å². The zero-order valence-corrected chi connectivity index (χ0v) is 11.0. The first-order valence-electron chi connectivity index (χ1n) is 6.97. The minimum Gasteiger partial charge on any atom is -0.381 e. The van der Waals surface area contributed by atoms with E-state index in [0.717, 1.165) is 45.1 Å². The Balaban J connectivity index is 1.79. The van der Waals surface area contributed by atoms with Crippen LogP contribution in [0.1, 0.15) is 38.5 Å². The largest absolute Gasteiger partial charge is 0.381 e. The van der Waals surface area contributed by atoms with Gasteiger partial charge in [0.15, 0.2) is 0 Å². The fourth-order valence-electron chi connectivity index (χ4n) is 3.36. The zero-order valence-electron chi connectivity index (χ0n) is 11.0. The third kappa shape index (κ3) is 3.52. The highest BCUT2D eigenvalue weighted by atomic mass is 16.5. The summed E-state index contributed by atoms with van der Waals surface area (Å²) in [6.07, 6.45) is 8.22. The molecule has 1 saturated heterocycles. The topological polar surface area (TPSA) is 29.5 Å². The van der Waals surface area contributed by atoms with Crippen molar-refractivity contribution in [2.75, 3.05) is 33.4 Å². The van der Waals surface area contributed by atoms with Crippen molar-refractivity contribution in [3.8, 4) is 0 Å². The van der Waals surface area contributed by atoms with Crippen molar-refractivity contribution in [3.05, 3.63) is 0 Å². The van der Waals surface area contributed by atoms with Crippen LogP contribution in [0, 0.1) is 11.3 Å². The van der Waals surface area contributed by atoms with Crippen molar-refractivity contribution in [1.82, 2.24) is 4.90 Å². The Morgan fingerprint density at radius 1 is 1.29 bits per heavy atom. The summed E-state index contributed by atoms with van der Waals surface area (Å²) >= 11 is 0. The molecule has 17 heavy (non-hydrogen) atoms. The predicted molar refractivity (Wildman–Crippen MR) is 68.0 cm³/mol. The van der Waals surface area contributed by atoms with Crippen LogP contribution in [0.15, 0.2) is 0 Å². The molecule has 0 amide bonds. The van der Waals surface area contributed by atoms with E-state index in [1.165, 1.54) is 32.0 Å². The lowest BCUT2D eigenvalue weighted by atomic mass is 9.87.